The van der Waals surface area contributed by atoms with Crippen LogP contribution in [-0.4, -0.2) is 45.9 Å². The fourth-order valence-electron chi connectivity index (χ4n) is 2.41. The van der Waals surface area contributed by atoms with Crippen LogP contribution in [0, 0.1) is 10.1 Å². The number of nitrogens with zero attached hydrogens (tertiary/aromatic N) is 2. The van der Waals surface area contributed by atoms with Gasteiger partial charge in [-0.15, -0.1) is 0 Å². The molecule has 8 nitrogen and oxygen atoms in total. The van der Waals surface area contributed by atoms with Crippen molar-refractivity contribution in [1.82, 2.24) is 4.90 Å². The van der Waals surface area contributed by atoms with Gasteiger partial charge >= 0.3 is 5.97 Å². The van der Waals surface area contributed by atoms with Gasteiger partial charge in [0.25, 0.3) is 5.69 Å². The molecule has 0 aromatic heterocycles. The number of halogens is 1. The SMILES string of the molecule is O=C(CN1CCCC1C(=O)O)Nc1ccc(Cl)c([N+](=O)[O-])c1. The summed E-state index contributed by atoms with van der Waals surface area (Å²) in [6.45, 7) is 0.457. The highest BCUT2D eigenvalue weighted by atomic mass is 35.5. The second-order valence-corrected chi connectivity index (χ2v) is 5.35. The van der Waals surface area contributed by atoms with Crippen LogP contribution in [-0.2, 0) is 9.59 Å². The summed E-state index contributed by atoms with van der Waals surface area (Å²) in [6.07, 6.45) is 1.23. The first-order valence-electron chi connectivity index (χ1n) is 6.59. The molecule has 0 bridgehead atoms. The van der Waals surface area contributed by atoms with Gasteiger partial charge in [0, 0.05) is 11.8 Å². The molecule has 1 amide bonds. The van der Waals surface area contributed by atoms with E-state index in [9.17, 15) is 19.7 Å². The number of hydrogen-bond acceptors (Lipinski definition) is 5. The smallest absolute Gasteiger partial charge is 0.320 e. The number of nitro groups is 1. The average Bonchev–Trinajstić information content (AvgIpc) is 2.88. The monoisotopic (exact) mass is 327 g/mol. The molecule has 1 heterocycles. The maximum atomic E-state index is 12.0. The molecule has 0 aliphatic carbocycles. The molecule has 1 aliphatic rings. The lowest BCUT2D eigenvalue weighted by atomic mass is 10.2. The molecule has 0 saturated carbocycles. The van der Waals surface area contributed by atoms with Crippen molar-refractivity contribution in [2.24, 2.45) is 0 Å². The Morgan fingerprint density at radius 1 is 1.50 bits per heavy atom. The van der Waals surface area contributed by atoms with Crippen LogP contribution >= 0.6 is 11.6 Å². The Morgan fingerprint density at radius 3 is 2.86 bits per heavy atom. The highest BCUT2D eigenvalue weighted by molar-refractivity contribution is 6.32. The molecule has 118 valence electrons. The third-order valence-corrected chi connectivity index (χ3v) is 3.74. The van der Waals surface area contributed by atoms with E-state index in [1.807, 2.05) is 0 Å². The Bertz CT molecular complexity index is 622. The van der Waals surface area contributed by atoms with Gasteiger partial charge in [-0.05, 0) is 31.5 Å². The van der Waals surface area contributed by atoms with Gasteiger partial charge in [-0.1, -0.05) is 11.6 Å². The number of likely N-dealkylation sites (tertiary alicyclic amines) is 1. The molecule has 1 saturated heterocycles. The third kappa shape index (κ3) is 3.71. The van der Waals surface area contributed by atoms with Gasteiger partial charge < -0.3 is 10.4 Å². The standard InChI is InChI=1S/C13H14ClN3O5/c14-9-4-3-8(6-11(9)17(21)22)15-12(18)7-16-5-1-2-10(16)13(19)20/h3-4,6,10H,1-2,5,7H2,(H,15,18)(H,19,20). The zero-order valence-electron chi connectivity index (χ0n) is 11.5. The van der Waals surface area contributed by atoms with Crippen LogP contribution in [0.25, 0.3) is 0 Å². The van der Waals surface area contributed by atoms with Gasteiger partial charge in [0.1, 0.15) is 11.1 Å². The molecular weight excluding hydrogens is 314 g/mol. The van der Waals surface area contributed by atoms with E-state index in [4.69, 9.17) is 16.7 Å². The molecule has 1 fully saturated rings. The number of hydrogen-bond donors (Lipinski definition) is 2. The van der Waals surface area contributed by atoms with Crippen molar-refractivity contribution in [2.45, 2.75) is 18.9 Å². The van der Waals surface area contributed by atoms with E-state index in [1.165, 1.54) is 18.2 Å². The Balaban J connectivity index is 2.02. The minimum absolute atomic E-state index is 0.0199. The van der Waals surface area contributed by atoms with Crippen LogP contribution in [0.4, 0.5) is 11.4 Å². The number of aliphatic carboxylic acids is 1. The van der Waals surface area contributed by atoms with Crippen LogP contribution in [0.3, 0.4) is 0 Å². The topological polar surface area (TPSA) is 113 Å². The van der Waals surface area contributed by atoms with Crippen molar-refractivity contribution in [3.05, 3.63) is 33.3 Å². The van der Waals surface area contributed by atoms with Gasteiger partial charge in [-0.25, -0.2) is 0 Å². The van der Waals surface area contributed by atoms with Gasteiger partial charge in [0.05, 0.1) is 11.5 Å². The van der Waals surface area contributed by atoms with E-state index in [1.54, 1.807) is 4.90 Å². The Kier molecular flexibility index (Phi) is 4.94. The fourth-order valence-corrected chi connectivity index (χ4v) is 2.60. The first-order valence-corrected chi connectivity index (χ1v) is 6.97. The van der Waals surface area contributed by atoms with Crippen LogP contribution in [0.15, 0.2) is 18.2 Å². The number of nitro benzene ring substituents is 1. The Labute approximate surface area is 130 Å². The van der Waals surface area contributed by atoms with Gasteiger partial charge in [0.15, 0.2) is 0 Å². The summed E-state index contributed by atoms with van der Waals surface area (Å²) in [5.41, 5.74) is -0.0591. The number of anilines is 1. The fraction of sp³-hybridized carbons (Fsp3) is 0.385. The Hall–Kier alpha value is -2.19. The zero-order chi connectivity index (χ0) is 16.3. The van der Waals surface area contributed by atoms with Crippen LogP contribution in [0.1, 0.15) is 12.8 Å². The van der Waals surface area contributed by atoms with E-state index in [2.05, 4.69) is 5.32 Å². The van der Waals surface area contributed by atoms with Gasteiger partial charge in [-0.3, -0.25) is 24.6 Å². The van der Waals surface area contributed by atoms with Crippen molar-refractivity contribution in [3.63, 3.8) is 0 Å². The quantitative estimate of drug-likeness (QED) is 0.629. The number of carboxylic acid groups (broad SMARTS) is 1. The van der Waals surface area contributed by atoms with Crippen LogP contribution in [0.5, 0.6) is 0 Å². The Morgan fingerprint density at radius 2 is 2.23 bits per heavy atom. The summed E-state index contributed by atoms with van der Waals surface area (Å²) in [5.74, 6) is -1.38. The molecule has 2 rings (SSSR count). The molecule has 0 spiro atoms. The van der Waals surface area contributed by atoms with Crippen molar-refractivity contribution in [2.75, 3.05) is 18.4 Å². The predicted molar refractivity (Wildman–Crippen MR) is 79.0 cm³/mol. The maximum absolute atomic E-state index is 12.0. The first kappa shape index (κ1) is 16.2. The van der Waals surface area contributed by atoms with Crippen molar-refractivity contribution >= 4 is 34.9 Å². The lowest BCUT2D eigenvalue weighted by molar-refractivity contribution is -0.384. The number of rotatable bonds is 5. The van der Waals surface area contributed by atoms with E-state index in [-0.39, 0.29) is 22.9 Å². The summed E-state index contributed by atoms with van der Waals surface area (Å²) in [7, 11) is 0. The minimum Gasteiger partial charge on any atom is -0.480 e. The van der Waals surface area contributed by atoms with E-state index < -0.39 is 22.8 Å². The van der Waals surface area contributed by atoms with E-state index in [0.29, 0.717) is 13.0 Å². The minimum atomic E-state index is -0.951. The summed E-state index contributed by atoms with van der Waals surface area (Å²) >= 11 is 5.69. The number of nitrogens with one attached hydrogen (secondary N) is 1. The molecule has 1 unspecified atom stereocenters. The lowest BCUT2D eigenvalue weighted by Gasteiger charge is -2.20. The molecular formula is C13H14ClN3O5. The van der Waals surface area contributed by atoms with Crippen LogP contribution in [0.2, 0.25) is 5.02 Å². The first-order chi connectivity index (χ1) is 10.4. The van der Waals surface area contributed by atoms with Crippen molar-refractivity contribution in [3.8, 4) is 0 Å². The predicted octanol–water partition coefficient (Wildman–Crippen LogP) is 1.74. The zero-order valence-corrected chi connectivity index (χ0v) is 12.2. The van der Waals surface area contributed by atoms with Gasteiger partial charge in [-0.2, -0.15) is 0 Å². The second-order valence-electron chi connectivity index (χ2n) is 4.94. The molecule has 22 heavy (non-hydrogen) atoms. The molecule has 1 aliphatic heterocycles. The van der Waals surface area contributed by atoms with Gasteiger partial charge in [0.2, 0.25) is 5.91 Å². The summed E-state index contributed by atoms with van der Waals surface area (Å²) in [5, 5.41) is 22.3. The number of carbonyl (C=O) groups is 2. The number of amides is 1. The molecule has 9 heteroatoms. The molecule has 1 aromatic carbocycles. The summed E-state index contributed by atoms with van der Waals surface area (Å²) in [6, 6.07) is 3.28. The highest BCUT2D eigenvalue weighted by Crippen LogP contribution is 2.27. The largest absolute Gasteiger partial charge is 0.480 e. The van der Waals surface area contributed by atoms with E-state index >= 15 is 0 Å². The van der Waals surface area contributed by atoms with Crippen LogP contribution < -0.4 is 5.32 Å². The summed E-state index contributed by atoms with van der Waals surface area (Å²) in [4.78, 5) is 34.7. The van der Waals surface area contributed by atoms with E-state index in [0.717, 1.165) is 6.42 Å². The molecule has 1 aromatic rings. The second kappa shape index (κ2) is 6.71. The number of carboxylic acids is 1. The third-order valence-electron chi connectivity index (χ3n) is 3.42. The lowest BCUT2D eigenvalue weighted by Crippen LogP contribution is -2.40. The normalized spacial score (nSPS) is 18.1. The maximum Gasteiger partial charge on any atom is 0.320 e. The number of benzene rings is 1. The van der Waals surface area contributed by atoms with Crippen molar-refractivity contribution in [1.29, 1.82) is 0 Å². The highest BCUT2D eigenvalue weighted by Gasteiger charge is 2.31. The van der Waals surface area contributed by atoms with Crippen molar-refractivity contribution < 1.29 is 19.6 Å². The number of carbonyl (C=O) groups excluding carboxylic acids is 1. The molecule has 0 radical (unpaired) electrons. The summed E-state index contributed by atoms with van der Waals surface area (Å²) < 4.78 is 0. The molecule has 2 N–H and O–H groups in total. The molecule has 1 atom stereocenters. The average molecular weight is 328 g/mol.